The number of amides is 2. The number of benzene rings is 2. The van der Waals surface area contributed by atoms with Crippen molar-refractivity contribution >= 4 is 24.0 Å². The molecule has 7 nitrogen and oxygen atoms in total. The number of hydrogen-bond donors (Lipinski definition) is 0. The van der Waals surface area contributed by atoms with Crippen LogP contribution in [0.15, 0.2) is 30.3 Å². The van der Waals surface area contributed by atoms with Crippen LogP contribution < -0.4 is 9.64 Å². The van der Waals surface area contributed by atoms with Crippen LogP contribution in [0.1, 0.15) is 48.6 Å². The summed E-state index contributed by atoms with van der Waals surface area (Å²) in [5.74, 6) is -0.338. The minimum absolute atomic E-state index is 0.0444. The van der Waals surface area contributed by atoms with E-state index in [1.807, 2.05) is 26.0 Å². The lowest BCUT2D eigenvalue weighted by molar-refractivity contribution is -0.158. The average Bonchev–Trinajstić information content (AvgIpc) is 2.78. The van der Waals surface area contributed by atoms with E-state index in [9.17, 15) is 27.6 Å². The van der Waals surface area contributed by atoms with E-state index in [-0.39, 0.29) is 30.9 Å². The Morgan fingerprint density at radius 3 is 2.08 bits per heavy atom. The molecule has 0 N–H and O–H groups in total. The molecule has 0 atom stereocenters. The van der Waals surface area contributed by atoms with Gasteiger partial charge in [0.1, 0.15) is 12.3 Å². The van der Waals surface area contributed by atoms with E-state index in [1.165, 1.54) is 24.0 Å². The minimum Gasteiger partial charge on any atom is -0.476 e. The average molecular weight is 523 g/mol. The molecule has 0 fully saturated rings. The van der Waals surface area contributed by atoms with Crippen molar-refractivity contribution in [3.8, 4) is 5.75 Å². The smallest absolute Gasteiger partial charge is 0.416 e. The van der Waals surface area contributed by atoms with E-state index in [1.54, 1.807) is 27.8 Å². The van der Waals surface area contributed by atoms with Gasteiger partial charge in [0, 0.05) is 19.3 Å². The lowest BCUT2D eigenvalue weighted by Gasteiger charge is -2.27. The van der Waals surface area contributed by atoms with Crippen LogP contribution in [0.25, 0.3) is 0 Å². The van der Waals surface area contributed by atoms with Gasteiger partial charge in [0.15, 0.2) is 5.60 Å². The number of carbonyl (C=O) groups is 3. The summed E-state index contributed by atoms with van der Waals surface area (Å²) in [4.78, 5) is 39.2. The second-order valence-electron chi connectivity index (χ2n) is 9.37. The molecule has 0 radical (unpaired) electrons. The maximum Gasteiger partial charge on any atom is 0.416 e. The molecule has 2 rings (SSSR count). The Balaban J connectivity index is 2.14. The number of alkyl halides is 3. The molecule has 0 unspecified atom stereocenters. The first-order valence-electron chi connectivity index (χ1n) is 11.7. The third kappa shape index (κ3) is 7.47. The summed E-state index contributed by atoms with van der Waals surface area (Å²) >= 11 is 0. The zero-order chi connectivity index (χ0) is 28.1. The largest absolute Gasteiger partial charge is 0.476 e. The van der Waals surface area contributed by atoms with Gasteiger partial charge in [0.2, 0.25) is 12.3 Å². The Labute approximate surface area is 215 Å². The molecule has 10 heteroatoms. The van der Waals surface area contributed by atoms with Crippen LogP contribution in [0.4, 0.5) is 18.9 Å². The Bertz CT molecular complexity index is 1140. The first kappa shape index (κ1) is 29.7. The molecular weight excluding hydrogens is 489 g/mol. The summed E-state index contributed by atoms with van der Waals surface area (Å²) in [7, 11) is 1.57. The van der Waals surface area contributed by atoms with Gasteiger partial charge < -0.3 is 19.3 Å². The van der Waals surface area contributed by atoms with Crippen LogP contribution in [0.5, 0.6) is 5.75 Å². The minimum atomic E-state index is -4.50. The van der Waals surface area contributed by atoms with Gasteiger partial charge in [-0.15, -0.1) is 0 Å². The number of ether oxygens (including phenoxy) is 2. The molecule has 2 aromatic rings. The number of likely N-dealkylation sites (N-methyl/N-ethyl adjacent to an activating group) is 1. The number of halogens is 3. The highest BCUT2D eigenvalue weighted by molar-refractivity contribution is 5.88. The molecule has 2 aromatic carbocycles. The van der Waals surface area contributed by atoms with Crippen molar-refractivity contribution in [2.75, 3.05) is 25.1 Å². The van der Waals surface area contributed by atoms with Crippen molar-refractivity contribution in [3.05, 3.63) is 58.1 Å². The van der Waals surface area contributed by atoms with E-state index >= 15 is 0 Å². The van der Waals surface area contributed by atoms with E-state index in [4.69, 9.17) is 9.47 Å². The van der Waals surface area contributed by atoms with Crippen molar-refractivity contribution in [1.29, 1.82) is 0 Å². The van der Waals surface area contributed by atoms with Crippen molar-refractivity contribution in [3.63, 3.8) is 0 Å². The number of hydrogen-bond acceptors (Lipinski definition) is 5. The molecule has 0 heterocycles. The molecule has 0 bridgehead atoms. The molecule has 202 valence electrons. The van der Waals surface area contributed by atoms with Crippen molar-refractivity contribution in [2.24, 2.45) is 0 Å². The Morgan fingerprint density at radius 2 is 1.59 bits per heavy atom. The Hall–Kier alpha value is -3.56. The fourth-order valence-corrected chi connectivity index (χ4v) is 3.86. The van der Waals surface area contributed by atoms with Crippen LogP contribution in [0.2, 0.25) is 0 Å². The summed E-state index contributed by atoms with van der Waals surface area (Å²) in [6, 6.07) is 6.97. The van der Waals surface area contributed by atoms with Crippen molar-refractivity contribution in [1.82, 2.24) is 4.90 Å². The Morgan fingerprint density at radius 1 is 1.00 bits per heavy atom. The highest BCUT2D eigenvalue weighted by Gasteiger charge is 2.33. The van der Waals surface area contributed by atoms with Gasteiger partial charge in [-0.2, -0.15) is 13.2 Å². The monoisotopic (exact) mass is 522 g/mol. The van der Waals surface area contributed by atoms with E-state index in [2.05, 4.69) is 0 Å². The normalized spacial score (nSPS) is 11.6. The quantitative estimate of drug-likeness (QED) is 0.325. The summed E-state index contributed by atoms with van der Waals surface area (Å²) < 4.78 is 50.2. The maximum atomic E-state index is 13.0. The molecule has 2 amide bonds. The third-order valence-electron chi connectivity index (χ3n) is 5.77. The summed E-state index contributed by atoms with van der Waals surface area (Å²) in [5.41, 5.74) is 0.501. The highest BCUT2D eigenvalue weighted by atomic mass is 19.4. The van der Waals surface area contributed by atoms with Crippen molar-refractivity contribution < 1.29 is 37.0 Å². The number of nitrogens with zero attached hydrogens (tertiary/aromatic N) is 2. The molecule has 0 aromatic heterocycles. The molecule has 0 saturated heterocycles. The molecular formula is C27H33F3N2O5. The SMILES string of the molecule is CCOC(=O)C(C)(C)Oc1c(C)cc(CN(C)C(=O)CN(C=O)c2ccc(C(F)(F)F)c(C)c2)cc1C. The first-order chi connectivity index (χ1) is 17.1. The zero-order valence-corrected chi connectivity index (χ0v) is 22.2. The lowest BCUT2D eigenvalue weighted by Crippen LogP contribution is -2.40. The predicted molar refractivity (Wildman–Crippen MR) is 133 cm³/mol. The molecule has 0 aliphatic rings. The van der Waals surface area contributed by atoms with E-state index in [0.717, 1.165) is 27.7 Å². The summed E-state index contributed by atoms with van der Waals surface area (Å²) in [6.07, 6.45) is -4.09. The predicted octanol–water partition coefficient (Wildman–Crippen LogP) is 4.97. The van der Waals surface area contributed by atoms with E-state index in [0.29, 0.717) is 12.2 Å². The van der Waals surface area contributed by atoms with E-state index < -0.39 is 29.2 Å². The maximum absolute atomic E-state index is 13.0. The van der Waals surface area contributed by atoms with Gasteiger partial charge in [-0.1, -0.05) is 12.1 Å². The second-order valence-corrected chi connectivity index (χ2v) is 9.37. The fourth-order valence-electron chi connectivity index (χ4n) is 3.86. The van der Waals surface area contributed by atoms with Crippen LogP contribution in [0.3, 0.4) is 0 Å². The number of carbonyl (C=O) groups excluding carboxylic acids is 3. The summed E-state index contributed by atoms with van der Waals surface area (Å²) in [5, 5.41) is 0. The number of esters is 1. The van der Waals surface area contributed by atoms with Gasteiger partial charge >= 0.3 is 12.1 Å². The molecule has 0 aliphatic carbocycles. The summed E-state index contributed by atoms with van der Waals surface area (Å²) in [6.45, 7) is 10.1. The first-order valence-corrected chi connectivity index (χ1v) is 11.7. The molecule has 0 aliphatic heterocycles. The van der Waals surface area contributed by atoms with Crippen LogP contribution in [-0.4, -0.2) is 49.0 Å². The number of aryl methyl sites for hydroxylation is 3. The van der Waals surface area contributed by atoms with Crippen molar-refractivity contribution in [2.45, 2.75) is 59.9 Å². The van der Waals surface area contributed by atoms with Gasteiger partial charge in [-0.3, -0.25) is 9.59 Å². The molecule has 37 heavy (non-hydrogen) atoms. The Kier molecular flexibility index (Phi) is 9.35. The zero-order valence-electron chi connectivity index (χ0n) is 22.2. The van der Waals surface area contributed by atoms with Crippen LogP contribution in [-0.2, 0) is 31.8 Å². The molecule has 0 saturated carbocycles. The second kappa shape index (κ2) is 11.7. The number of rotatable bonds is 10. The number of anilines is 1. The lowest BCUT2D eigenvalue weighted by atomic mass is 10.0. The van der Waals surface area contributed by atoms with Gasteiger partial charge in [-0.25, -0.2) is 4.79 Å². The topological polar surface area (TPSA) is 76.2 Å². The van der Waals surface area contributed by atoms with Crippen LogP contribution >= 0.6 is 0 Å². The van der Waals surface area contributed by atoms with Gasteiger partial charge in [0.05, 0.1) is 12.2 Å². The van der Waals surface area contributed by atoms with Gasteiger partial charge in [0.25, 0.3) is 0 Å². The highest BCUT2D eigenvalue weighted by Crippen LogP contribution is 2.33. The van der Waals surface area contributed by atoms with Crippen LogP contribution in [0, 0.1) is 20.8 Å². The standard InChI is InChI=1S/C27H33F3N2O5/c1-8-36-25(35)26(5,6)37-24-18(3)11-20(12-19(24)4)14-31(7)23(34)15-32(16-33)21-9-10-22(17(2)13-21)27(28,29)30/h9-13,16H,8,14-15H2,1-7H3. The molecule has 0 spiro atoms. The fraction of sp³-hybridized carbons (Fsp3) is 0.444. The third-order valence-corrected chi connectivity index (χ3v) is 5.77. The van der Waals surface area contributed by atoms with Gasteiger partial charge in [-0.05, 0) is 82.0 Å².